The van der Waals surface area contributed by atoms with Crippen LogP contribution in [0.25, 0.3) is 0 Å². The highest BCUT2D eigenvalue weighted by molar-refractivity contribution is 4.97. The van der Waals surface area contributed by atoms with Gasteiger partial charge in [0.15, 0.2) is 0 Å². The quantitative estimate of drug-likeness (QED) is 0.667. The first-order valence-corrected chi connectivity index (χ1v) is 5.26. The van der Waals surface area contributed by atoms with Gasteiger partial charge in [-0.05, 0) is 20.3 Å². The van der Waals surface area contributed by atoms with E-state index >= 15 is 0 Å². The molecule has 0 aromatic heterocycles. The maximum atomic E-state index is 4.06. The van der Waals surface area contributed by atoms with Crippen LogP contribution in [-0.4, -0.2) is 36.6 Å². The molecule has 2 nitrogen and oxygen atoms in total. The molecule has 2 unspecified atom stereocenters. The highest BCUT2D eigenvalue weighted by atomic mass is 15.2. The zero-order chi connectivity index (χ0) is 9.84. The van der Waals surface area contributed by atoms with Gasteiger partial charge in [0, 0.05) is 31.7 Å². The van der Waals surface area contributed by atoms with E-state index in [9.17, 15) is 0 Å². The fourth-order valence-electron chi connectivity index (χ4n) is 2.00. The van der Waals surface area contributed by atoms with Crippen molar-refractivity contribution >= 4 is 0 Å². The lowest BCUT2D eigenvalue weighted by Crippen LogP contribution is -2.54. The number of nitrogens with one attached hydrogen (secondary N) is 1. The average Bonchev–Trinajstić information content (AvgIpc) is 2.02. The second-order valence-corrected chi connectivity index (χ2v) is 4.27. The van der Waals surface area contributed by atoms with Crippen molar-refractivity contribution in [3.05, 3.63) is 12.2 Å². The predicted octanol–water partition coefficient (Wildman–Crippen LogP) is 1.63. The molecule has 1 fully saturated rings. The van der Waals surface area contributed by atoms with Crippen LogP contribution in [0.2, 0.25) is 0 Å². The first-order chi connectivity index (χ1) is 6.11. The molecule has 0 aromatic rings. The Morgan fingerprint density at radius 2 is 1.92 bits per heavy atom. The summed E-state index contributed by atoms with van der Waals surface area (Å²) in [5.41, 5.74) is 1.35. The summed E-state index contributed by atoms with van der Waals surface area (Å²) < 4.78 is 0. The Morgan fingerprint density at radius 1 is 1.38 bits per heavy atom. The first-order valence-electron chi connectivity index (χ1n) is 5.26. The van der Waals surface area contributed by atoms with E-state index < -0.39 is 0 Å². The number of rotatable bonds is 3. The fraction of sp³-hybridized carbons (Fsp3) is 0.818. The van der Waals surface area contributed by atoms with Gasteiger partial charge in [0.05, 0.1) is 0 Å². The number of hydrogen-bond acceptors (Lipinski definition) is 2. The van der Waals surface area contributed by atoms with Crippen LogP contribution < -0.4 is 5.32 Å². The van der Waals surface area contributed by atoms with E-state index in [4.69, 9.17) is 0 Å². The lowest BCUT2D eigenvalue weighted by molar-refractivity contribution is 0.185. The van der Waals surface area contributed by atoms with Gasteiger partial charge in [-0.25, -0.2) is 0 Å². The van der Waals surface area contributed by atoms with E-state index in [0.717, 1.165) is 26.1 Å². The van der Waals surface area contributed by atoms with Crippen LogP contribution in [0.5, 0.6) is 0 Å². The van der Waals surface area contributed by atoms with Gasteiger partial charge in [-0.2, -0.15) is 0 Å². The topological polar surface area (TPSA) is 15.3 Å². The predicted molar refractivity (Wildman–Crippen MR) is 57.9 cm³/mol. The van der Waals surface area contributed by atoms with E-state index in [2.05, 4.69) is 37.6 Å². The lowest BCUT2D eigenvalue weighted by atomic mass is 10.1. The van der Waals surface area contributed by atoms with E-state index in [1.54, 1.807) is 0 Å². The molecular formula is C11H22N2. The molecule has 76 valence electrons. The van der Waals surface area contributed by atoms with E-state index in [1.165, 1.54) is 5.57 Å². The molecule has 2 atom stereocenters. The maximum Gasteiger partial charge on any atom is 0.0191 e. The minimum atomic E-state index is 0.619. The van der Waals surface area contributed by atoms with Gasteiger partial charge in [0.1, 0.15) is 0 Å². The Kier molecular flexibility index (Phi) is 3.94. The lowest BCUT2D eigenvalue weighted by Gasteiger charge is -2.36. The average molecular weight is 182 g/mol. The first kappa shape index (κ1) is 10.7. The molecule has 0 amide bonds. The van der Waals surface area contributed by atoms with Crippen molar-refractivity contribution in [3.63, 3.8) is 0 Å². The van der Waals surface area contributed by atoms with E-state index in [-0.39, 0.29) is 0 Å². The summed E-state index contributed by atoms with van der Waals surface area (Å²) in [5, 5.41) is 3.53. The monoisotopic (exact) mass is 182 g/mol. The van der Waals surface area contributed by atoms with Gasteiger partial charge >= 0.3 is 0 Å². The maximum absolute atomic E-state index is 4.06. The largest absolute Gasteiger partial charge is 0.309 e. The molecule has 0 aromatic carbocycles. The van der Waals surface area contributed by atoms with Crippen molar-refractivity contribution in [2.45, 2.75) is 39.3 Å². The normalized spacial score (nSPS) is 30.4. The van der Waals surface area contributed by atoms with Gasteiger partial charge < -0.3 is 5.32 Å². The van der Waals surface area contributed by atoms with Crippen molar-refractivity contribution in [1.82, 2.24) is 10.2 Å². The molecular weight excluding hydrogens is 160 g/mol. The molecule has 1 rings (SSSR count). The molecule has 0 bridgehead atoms. The zero-order valence-corrected chi connectivity index (χ0v) is 9.14. The number of hydrogen-bond donors (Lipinski definition) is 1. The molecule has 0 spiro atoms. The van der Waals surface area contributed by atoms with Crippen molar-refractivity contribution in [1.29, 1.82) is 0 Å². The van der Waals surface area contributed by atoms with Crippen molar-refractivity contribution in [3.8, 4) is 0 Å². The minimum Gasteiger partial charge on any atom is -0.309 e. The van der Waals surface area contributed by atoms with Crippen LogP contribution in [0.1, 0.15) is 27.2 Å². The summed E-state index contributed by atoms with van der Waals surface area (Å²) in [6.07, 6.45) is 1.10. The van der Waals surface area contributed by atoms with Gasteiger partial charge in [0.25, 0.3) is 0 Å². The second kappa shape index (κ2) is 4.77. The van der Waals surface area contributed by atoms with Gasteiger partial charge in [-0.1, -0.05) is 19.1 Å². The standard InChI is InChI=1S/C11H22N2/c1-5-9(2)6-13-7-10(3)12-11(4)8-13/h10-12H,2,5-8H2,1,3-4H3. The summed E-state index contributed by atoms with van der Waals surface area (Å²) in [4.78, 5) is 2.50. The van der Waals surface area contributed by atoms with Crippen LogP contribution in [0.4, 0.5) is 0 Å². The molecule has 1 heterocycles. The summed E-state index contributed by atoms with van der Waals surface area (Å²) in [6, 6.07) is 1.24. The van der Waals surface area contributed by atoms with Crippen molar-refractivity contribution in [2.75, 3.05) is 19.6 Å². The summed E-state index contributed by atoms with van der Waals surface area (Å²) in [5.74, 6) is 0. The molecule has 0 saturated carbocycles. The third kappa shape index (κ3) is 3.49. The third-order valence-electron chi connectivity index (χ3n) is 2.58. The van der Waals surface area contributed by atoms with Gasteiger partial charge in [0.2, 0.25) is 0 Å². The Bertz CT molecular complexity index is 167. The van der Waals surface area contributed by atoms with E-state index in [1.807, 2.05) is 0 Å². The number of piperazine rings is 1. The molecule has 13 heavy (non-hydrogen) atoms. The van der Waals surface area contributed by atoms with Crippen molar-refractivity contribution < 1.29 is 0 Å². The highest BCUT2D eigenvalue weighted by Crippen LogP contribution is 2.07. The fourth-order valence-corrected chi connectivity index (χ4v) is 2.00. The molecule has 1 N–H and O–H groups in total. The molecule has 1 aliphatic heterocycles. The summed E-state index contributed by atoms with van der Waals surface area (Å²) in [7, 11) is 0. The molecule has 1 saturated heterocycles. The Morgan fingerprint density at radius 3 is 2.38 bits per heavy atom. The Balaban J connectivity index is 2.37. The Hall–Kier alpha value is -0.340. The Labute approximate surface area is 82.0 Å². The summed E-state index contributed by atoms with van der Waals surface area (Å²) in [6.45, 7) is 14.1. The SMILES string of the molecule is C=C(CC)CN1CC(C)NC(C)C1. The van der Waals surface area contributed by atoms with Crippen LogP contribution in [-0.2, 0) is 0 Å². The van der Waals surface area contributed by atoms with Gasteiger partial charge in [-0.3, -0.25) is 4.90 Å². The van der Waals surface area contributed by atoms with Crippen LogP contribution >= 0.6 is 0 Å². The highest BCUT2D eigenvalue weighted by Gasteiger charge is 2.20. The van der Waals surface area contributed by atoms with Crippen LogP contribution in [0.15, 0.2) is 12.2 Å². The second-order valence-electron chi connectivity index (χ2n) is 4.27. The van der Waals surface area contributed by atoms with Crippen LogP contribution in [0, 0.1) is 0 Å². The molecule has 0 aliphatic carbocycles. The molecule has 0 radical (unpaired) electrons. The van der Waals surface area contributed by atoms with Crippen LogP contribution in [0.3, 0.4) is 0 Å². The van der Waals surface area contributed by atoms with Crippen molar-refractivity contribution in [2.24, 2.45) is 0 Å². The zero-order valence-electron chi connectivity index (χ0n) is 9.14. The summed E-state index contributed by atoms with van der Waals surface area (Å²) >= 11 is 0. The number of nitrogens with zero attached hydrogens (tertiary/aromatic N) is 1. The third-order valence-corrected chi connectivity index (χ3v) is 2.58. The smallest absolute Gasteiger partial charge is 0.0191 e. The molecule has 2 heteroatoms. The van der Waals surface area contributed by atoms with E-state index in [0.29, 0.717) is 12.1 Å². The van der Waals surface area contributed by atoms with Gasteiger partial charge in [-0.15, -0.1) is 0 Å². The minimum absolute atomic E-state index is 0.619. The molecule has 1 aliphatic rings.